The van der Waals surface area contributed by atoms with Crippen LogP contribution in [0, 0.1) is 6.92 Å². The zero-order valence-electron chi connectivity index (χ0n) is 14.3. The monoisotopic (exact) mass is 367 g/mol. The van der Waals surface area contributed by atoms with Gasteiger partial charge in [-0.25, -0.2) is 18.0 Å². The zero-order chi connectivity index (χ0) is 18.4. The first-order chi connectivity index (χ1) is 11.8. The number of aryl methyl sites for hydroxylation is 2. The van der Waals surface area contributed by atoms with E-state index in [1.54, 1.807) is 6.20 Å². The van der Waals surface area contributed by atoms with Crippen LogP contribution in [0.1, 0.15) is 12.5 Å². The first-order valence-electron chi connectivity index (χ1n) is 7.70. The average Bonchev–Trinajstić information content (AvgIpc) is 2.94. The number of H-pyrrole nitrogens is 1. The molecule has 0 fully saturated rings. The second kappa shape index (κ2) is 8.19. The van der Waals surface area contributed by atoms with Gasteiger partial charge in [-0.1, -0.05) is 5.11 Å². The van der Waals surface area contributed by atoms with Gasteiger partial charge in [0, 0.05) is 23.9 Å². The molecule has 0 bridgehead atoms. The minimum Gasteiger partial charge on any atom is -0.726 e. The second-order valence-corrected chi connectivity index (χ2v) is 6.43. The van der Waals surface area contributed by atoms with Crippen molar-refractivity contribution in [2.75, 3.05) is 24.6 Å². The lowest BCUT2D eigenvalue weighted by molar-refractivity contribution is -0.657. The fraction of sp³-hybridized carbons (Fsp3) is 0.400. The lowest BCUT2D eigenvalue weighted by Gasteiger charge is -2.23. The molecule has 1 aromatic carbocycles. The third-order valence-electron chi connectivity index (χ3n) is 3.61. The number of anilines is 1. The highest BCUT2D eigenvalue weighted by Crippen LogP contribution is 2.25. The molecule has 0 atom stereocenters. The first-order valence-corrected chi connectivity index (χ1v) is 9.04. The predicted octanol–water partition coefficient (Wildman–Crippen LogP) is 1.87. The van der Waals surface area contributed by atoms with Gasteiger partial charge in [-0.2, -0.15) is 0 Å². The van der Waals surface area contributed by atoms with Gasteiger partial charge in [0.2, 0.25) is 10.4 Å². The van der Waals surface area contributed by atoms with E-state index < -0.39 is 10.4 Å². The van der Waals surface area contributed by atoms with Gasteiger partial charge in [-0.05, 0) is 37.6 Å². The highest BCUT2D eigenvalue weighted by molar-refractivity contribution is 7.80. The smallest absolute Gasteiger partial charge is 0.418 e. The van der Waals surface area contributed by atoms with E-state index in [4.69, 9.17) is 0 Å². The van der Waals surface area contributed by atoms with Gasteiger partial charge in [0.1, 0.15) is 5.69 Å². The first kappa shape index (κ1) is 19.0. The van der Waals surface area contributed by atoms with E-state index in [1.807, 2.05) is 54.8 Å². The Labute approximate surface area is 146 Å². The molecule has 0 aliphatic carbocycles. The van der Waals surface area contributed by atoms with E-state index >= 15 is 0 Å². The molecule has 25 heavy (non-hydrogen) atoms. The Morgan fingerprint density at radius 1 is 1.36 bits per heavy atom. The number of rotatable bonds is 8. The number of nitrogens with zero attached hydrogens (tertiary/aromatic N) is 4. The van der Waals surface area contributed by atoms with Crippen LogP contribution in [-0.4, -0.2) is 37.7 Å². The molecule has 0 spiro atoms. The highest BCUT2D eigenvalue weighted by atomic mass is 32.3. The third-order valence-corrected chi connectivity index (χ3v) is 4.07. The number of nitrogens with one attached hydrogen (secondary N) is 1. The topological polar surface area (TPSA) is 114 Å². The molecule has 136 valence electrons. The highest BCUT2D eigenvalue weighted by Gasteiger charge is 2.09. The van der Waals surface area contributed by atoms with Gasteiger partial charge in [0.25, 0.3) is 0 Å². The Morgan fingerprint density at radius 3 is 2.68 bits per heavy atom. The van der Waals surface area contributed by atoms with Crippen LogP contribution in [0.5, 0.6) is 0 Å². The van der Waals surface area contributed by atoms with Crippen LogP contribution < -0.4 is 9.47 Å². The quantitative estimate of drug-likeness (QED) is 0.331. The summed E-state index contributed by atoms with van der Waals surface area (Å²) in [6.45, 7) is 4.58. The number of hydrogen-bond acceptors (Lipinski definition) is 7. The number of likely N-dealkylation sites (N-methyl/N-ethyl adjacent to an activating group) is 1. The molecular weight excluding hydrogens is 346 g/mol. The van der Waals surface area contributed by atoms with Gasteiger partial charge in [0.05, 0.1) is 26.0 Å². The van der Waals surface area contributed by atoms with Crippen LogP contribution in [0.3, 0.4) is 0 Å². The van der Waals surface area contributed by atoms with Crippen LogP contribution in [0.15, 0.2) is 40.8 Å². The minimum atomic E-state index is -4.67. The number of azo groups is 1. The van der Waals surface area contributed by atoms with Gasteiger partial charge < -0.3 is 9.45 Å². The number of benzene rings is 1. The largest absolute Gasteiger partial charge is 0.726 e. The van der Waals surface area contributed by atoms with E-state index in [2.05, 4.69) is 19.4 Å². The van der Waals surface area contributed by atoms with Crippen LogP contribution in [-0.2, 0) is 21.6 Å². The van der Waals surface area contributed by atoms with Crippen LogP contribution in [0.2, 0.25) is 0 Å². The minimum absolute atomic E-state index is 0.191. The molecule has 0 unspecified atom stereocenters. The van der Waals surface area contributed by atoms with E-state index in [1.165, 1.54) is 0 Å². The average molecular weight is 367 g/mol. The Kier molecular flexibility index (Phi) is 6.23. The summed E-state index contributed by atoms with van der Waals surface area (Å²) in [6.07, 6.45) is 3.61. The van der Waals surface area contributed by atoms with E-state index in [0.29, 0.717) is 12.5 Å². The summed E-state index contributed by atoms with van der Waals surface area (Å²) in [4.78, 5) is 4.88. The summed E-state index contributed by atoms with van der Waals surface area (Å²) in [6, 6.07) is 5.63. The maximum atomic E-state index is 10.5. The fourth-order valence-electron chi connectivity index (χ4n) is 2.26. The van der Waals surface area contributed by atoms with Gasteiger partial charge >= 0.3 is 5.95 Å². The van der Waals surface area contributed by atoms with Gasteiger partial charge in [-0.3, -0.25) is 4.18 Å². The van der Waals surface area contributed by atoms with E-state index in [-0.39, 0.29) is 13.2 Å². The van der Waals surface area contributed by atoms with E-state index in [0.717, 1.165) is 16.9 Å². The fourth-order valence-corrected chi connectivity index (χ4v) is 2.54. The Morgan fingerprint density at radius 2 is 2.12 bits per heavy atom. The zero-order valence-corrected chi connectivity index (χ0v) is 15.2. The summed E-state index contributed by atoms with van der Waals surface area (Å²) < 4.78 is 37.6. The third kappa shape index (κ3) is 5.62. The van der Waals surface area contributed by atoms with Crippen molar-refractivity contribution < 1.29 is 21.7 Å². The van der Waals surface area contributed by atoms with Crippen LogP contribution >= 0.6 is 0 Å². The molecule has 0 aliphatic heterocycles. The second-order valence-electron chi connectivity index (χ2n) is 5.38. The summed E-state index contributed by atoms with van der Waals surface area (Å²) in [5.41, 5.74) is 2.54. The molecular formula is C15H21N5O4S. The summed E-state index contributed by atoms with van der Waals surface area (Å²) in [7, 11) is -2.80. The van der Waals surface area contributed by atoms with Crippen molar-refractivity contribution in [2.24, 2.45) is 17.3 Å². The molecule has 10 heteroatoms. The van der Waals surface area contributed by atoms with E-state index in [9.17, 15) is 13.0 Å². The number of aromatic amines is 1. The van der Waals surface area contributed by atoms with Crippen molar-refractivity contribution in [1.82, 2.24) is 4.98 Å². The maximum absolute atomic E-state index is 10.5. The van der Waals surface area contributed by atoms with Crippen LogP contribution in [0.4, 0.5) is 17.3 Å². The van der Waals surface area contributed by atoms with Crippen molar-refractivity contribution >= 4 is 27.7 Å². The summed E-state index contributed by atoms with van der Waals surface area (Å²) >= 11 is 0. The Balaban J connectivity index is 2.09. The molecule has 0 radical (unpaired) electrons. The van der Waals surface area contributed by atoms with Crippen molar-refractivity contribution in [3.8, 4) is 0 Å². The molecule has 0 amide bonds. The van der Waals surface area contributed by atoms with Crippen molar-refractivity contribution in [1.29, 1.82) is 0 Å². The van der Waals surface area contributed by atoms with Gasteiger partial charge in [0.15, 0.2) is 0 Å². The molecule has 1 N–H and O–H groups in total. The molecule has 2 aromatic rings. The molecule has 0 saturated carbocycles. The van der Waals surface area contributed by atoms with Crippen molar-refractivity contribution in [3.05, 3.63) is 36.2 Å². The molecule has 9 nitrogen and oxygen atoms in total. The van der Waals surface area contributed by atoms with Crippen molar-refractivity contribution in [2.45, 2.75) is 13.8 Å². The standard InChI is InChI=1S/C15H21N5O4S/c1-4-20(9-10-24-25(21,22)23)13-5-6-14(12(2)11-13)17-18-15-16-7-8-19(15)3/h5-8,11H,4,9-10H2,1-3H3,(H,21,22,23). The van der Waals surface area contributed by atoms with Crippen LogP contribution in [0.25, 0.3) is 0 Å². The van der Waals surface area contributed by atoms with Gasteiger partial charge in [-0.15, -0.1) is 0 Å². The Hall–Kier alpha value is -2.30. The maximum Gasteiger partial charge on any atom is 0.418 e. The molecule has 0 saturated heterocycles. The Bertz CT molecular complexity index is 847. The molecule has 0 aliphatic rings. The molecule has 2 rings (SSSR count). The normalized spacial score (nSPS) is 12.0. The predicted molar refractivity (Wildman–Crippen MR) is 90.9 cm³/mol. The molecule has 1 heterocycles. The summed E-state index contributed by atoms with van der Waals surface area (Å²) in [5.74, 6) is 0.634. The number of hydrogen-bond donors (Lipinski definition) is 1. The summed E-state index contributed by atoms with van der Waals surface area (Å²) in [5, 5.41) is 8.40. The SMILES string of the molecule is CCN(CCOS(=O)(=O)[O-])c1ccc(N=Nc2[nH]cc[n+]2C)c(C)c1. The number of imidazole rings is 1. The lowest BCUT2D eigenvalue weighted by atomic mass is 10.1. The lowest BCUT2D eigenvalue weighted by Crippen LogP contribution is -2.28. The van der Waals surface area contributed by atoms with Crippen molar-refractivity contribution in [3.63, 3.8) is 0 Å². The number of aromatic nitrogens is 2. The molecule has 1 aromatic heterocycles.